The van der Waals surface area contributed by atoms with Crippen LogP contribution < -0.4 is 10.1 Å². The molecule has 30 heavy (non-hydrogen) atoms. The molecule has 3 aromatic rings. The number of rotatable bonds is 4. The lowest BCUT2D eigenvalue weighted by Crippen LogP contribution is -2.36. The Labute approximate surface area is 176 Å². The summed E-state index contributed by atoms with van der Waals surface area (Å²) in [7, 11) is 3.61. The lowest BCUT2D eigenvalue weighted by Gasteiger charge is -2.37. The maximum atomic E-state index is 13.0. The van der Waals surface area contributed by atoms with Crippen LogP contribution in [0.4, 0.5) is 0 Å². The van der Waals surface area contributed by atoms with Crippen molar-refractivity contribution in [3.05, 3.63) is 58.4 Å². The van der Waals surface area contributed by atoms with E-state index in [-0.39, 0.29) is 11.5 Å². The zero-order chi connectivity index (χ0) is 20.9. The lowest BCUT2D eigenvalue weighted by atomic mass is 9.84. The number of ether oxygens (including phenoxy) is 2. The topological polar surface area (TPSA) is 65.4 Å². The van der Waals surface area contributed by atoms with Gasteiger partial charge in [-0.05, 0) is 49.8 Å². The lowest BCUT2D eigenvalue weighted by molar-refractivity contribution is 0.0459. The molecule has 2 aromatic carbocycles. The SMILES string of the molecule is COCCNC(=O)c1cc2c(nc(C)n2C)c2c1CCC1(CCc3ccccc31)O2. The molecule has 0 bridgehead atoms. The molecule has 2 aliphatic rings. The summed E-state index contributed by atoms with van der Waals surface area (Å²) >= 11 is 0. The molecule has 1 aliphatic carbocycles. The molecular formula is C24H27N3O3. The molecule has 1 spiro atoms. The summed E-state index contributed by atoms with van der Waals surface area (Å²) in [5.74, 6) is 1.59. The van der Waals surface area contributed by atoms with E-state index in [0.29, 0.717) is 18.7 Å². The van der Waals surface area contributed by atoms with Crippen LogP contribution in [-0.2, 0) is 30.2 Å². The minimum Gasteiger partial charge on any atom is -0.480 e. The molecule has 0 radical (unpaired) electrons. The van der Waals surface area contributed by atoms with Gasteiger partial charge in [0.1, 0.15) is 16.9 Å². The van der Waals surface area contributed by atoms with Crippen LogP contribution in [0, 0.1) is 6.92 Å². The van der Waals surface area contributed by atoms with Crippen LogP contribution in [0.25, 0.3) is 11.0 Å². The van der Waals surface area contributed by atoms with E-state index in [4.69, 9.17) is 14.5 Å². The molecule has 2 heterocycles. The molecular weight excluding hydrogens is 378 g/mol. The molecule has 6 nitrogen and oxygen atoms in total. The smallest absolute Gasteiger partial charge is 0.251 e. The zero-order valence-electron chi connectivity index (χ0n) is 17.7. The normalized spacial score (nSPS) is 19.6. The summed E-state index contributed by atoms with van der Waals surface area (Å²) in [6, 6.07) is 10.5. The first-order valence-electron chi connectivity index (χ1n) is 10.6. The average molecular weight is 405 g/mol. The summed E-state index contributed by atoms with van der Waals surface area (Å²) in [6.07, 6.45) is 3.64. The minimum absolute atomic E-state index is 0.0876. The number of aryl methyl sites for hydroxylation is 3. The maximum Gasteiger partial charge on any atom is 0.251 e. The summed E-state index contributed by atoms with van der Waals surface area (Å²) in [5, 5.41) is 2.97. The molecule has 5 rings (SSSR count). The van der Waals surface area contributed by atoms with Gasteiger partial charge in [0.15, 0.2) is 5.75 Å². The summed E-state index contributed by atoms with van der Waals surface area (Å²) in [6.45, 7) is 2.94. The van der Waals surface area contributed by atoms with Gasteiger partial charge in [-0.15, -0.1) is 0 Å². The summed E-state index contributed by atoms with van der Waals surface area (Å²) < 4.78 is 13.9. The number of hydrogen-bond acceptors (Lipinski definition) is 4. The van der Waals surface area contributed by atoms with Crippen molar-refractivity contribution in [1.82, 2.24) is 14.9 Å². The van der Waals surface area contributed by atoms with Crippen molar-refractivity contribution < 1.29 is 14.3 Å². The predicted molar refractivity (Wildman–Crippen MR) is 115 cm³/mol. The molecule has 0 fully saturated rings. The number of fused-ring (bicyclic) bond motifs is 5. The minimum atomic E-state index is -0.326. The second-order valence-electron chi connectivity index (χ2n) is 8.32. The van der Waals surface area contributed by atoms with Gasteiger partial charge >= 0.3 is 0 Å². The van der Waals surface area contributed by atoms with Gasteiger partial charge in [0.05, 0.1) is 12.1 Å². The zero-order valence-corrected chi connectivity index (χ0v) is 17.7. The van der Waals surface area contributed by atoms with E-state index in [1.165, 1.54) is 11.1 Å². The van der Waals surface area contributed by atoms with E-state index >= 15 is 0 Å². The average Bonchev–Trinajstić information content (AvgIpc) is 3.26. The Balaban J connectivity index is 1.64. The van der Waals surface area contributed by atoms with Gasteiger partial charge < -0.3 is 19.4 Å². The van der Waals surface area contributed by atoms with E-state index in [1.807, 2.05) is 24.6 Å². The van der Waals surface area contributed by atoms with Crippen LogP contribution in [0.2, 0.25) is 0 Å². The van der Waals surface area contributed by atoms with Gasteiger partial charge in [-0.25, -0.2) is 4.98 Å². The first-order chi connectivity index (χ1) is 14.5. The van der Waals surface area contributed by atoms with Crippen molar-refractivity contribution in [3.8, 4) is 5.75 Å². The highest BCUT2D eigenvalue weighted by Crippen LogP contribution is 2.50. The van der Waals surface area contributed by atoms with E-state index < -0.39 is 0 Å². The third kappa shape index (κ3) is 2.82. The van der Waals surface area contributed by atoms with Gasteiger partial charge in [-0.1, -0.05) is 24.3 Å². The molecule has 1 atom stereocenters. The van der Waals surface area contributed by atoms with Crippen LogP contribution in [0.5, 0.6) is 5.75 Å². The predicted octanol–water partition coefficient (Wildman–Crippen LogP) is 3.42. The second-order valence-corrected chi connectivity index (χ2v) is 8.32. The van der Waals surface area contributed by atoms with Crippen molar-refractivity contribution in [3.63, 3.8) is 0 Å². The summed E-state index contributed by atoms with van der Waals surface area (Å²) in [5.41, 5.74) is 5.73. The molecule has 0 saturated heterocycles. The van der Waals surface area contributed by atoms with E-state index in [1.54, 1.807) is 7.11 Å². The Hall–Kier alpha value is -2.86. The van der Waals surface area contributed by atoms with Gasteiger partial charge in [-0.3, -0.25) is 4.79 Å². The molecule has 1 N–H and O–H groups in total. The second kappa shape index (κ2) is 7.13. The molecule has 6 heteroatoms. The number of aromatic nitrogens is 2. The number of carbonyl (C=O) groups is 1. The monoisotopic (exact) mass is 405 g/mol. The molecule has 156 valence electrons. The Morgan fingerprint density at radius 3 is 2.93 bits per heavy atom. The third-order valence-corrected chi connectivity index (χ3v) is 6.68. The molecule has 0 saturated carbocycles. The third-order valence-electron chi connectivity index (χ3n) is 6.68. The highest BCUT2D eigenvalue weighted by atomic mass is 16.5. The fourth-order valence-corrected chi connectivity index (χ4v) is 4.96. The van der Waals surface area contributed by atoms with Gasteiger partial charge in [0.2, 0.25) is 0 Å². The van der Waals surface area contributed by atoms with Gasteiger partial charge in [0.25, 0.3) is 5.91 Å². The number of amides is 1. The van der Waals surface area contributed by atoms with Crippen molar-refractivity contribution in [1.29, 1.82) is 0 Å². The maximum absolute atomic E-state index is 13.0. The molecule has 1 aromatic heterocycles. The Morgan fingerprint density at radius 2 is 2.10 bits per heavy atom. The highest BCUT2D eigenvalue weighted by molar-refractivity contribution is 6.01. The van der Waals surface area contributed by atoms with E-state index in [9.17, 15) is 4.79 Å². The first-order valence-corrected chi connectivity index (χ1v) is 10.6. The van der Waals surface area contributed by atoms with Crippen molar-refractivity contribution in [2.75, 3.05) is 20.3 Å². The Kier molecular flexibility index (Phi) is 4.54. The number of nitrogens with one attached hydrogen (secondary N) is 1. The number of imidazole rings is 1. The van der Waals surface area contributed by atoms with Crippen LogP contribution in [0.3, 0.4) is 0 Å². The van der Waals surface area contributed by atoms with Crippen LogP contribution in [0.15, 0.2) is 30.3 Å². The van der Waals surface area contributed by atoms with Gasteiger partial charge in [0, 0.05) is 31.8 Å². The van der Waals surface area contributed by atoms with Crippen LogP contribution in [-0.4, -0.2) is 35.7 Å². The molecule has 1 unspecified atom stereocenters. The molecule has 1 aliphatic heterocycles. The standard InChI is InChI=1S/C24H27N3O3/c1-15-26-21-20(27(15)2)14-18(23(28)25-12-13-29-3)17-9-11-24(30-22(17)21)10-8-16-6-4-5-7-19(16)24/h4-7,14H,8-13H2,1-3H3,(H,25,28). The van der Waals surface area contributed by atoms with Crippen molar-refractivity contribution in [2.45, 2.75) is 38.2 Å². The van der Waals surface area contributed by atoms with Gasteiger partial charge in [-0.2, -0.15) is 0 Å². The number of methoxy groups -OCH3 is 1. The fourth-order valence-electron chi connectivity index (χ4n) is 4.96. The number of nitrogens with zero attached hydrogens (tertiary/aromatic N) is 2. The van der Waals surface area contributed by atoms with Crippen molar-refractivity contribution >= 4 is 16.9 Å². The quantitative estimate of drug-likeness (QED) is 0.676. The Morgan fingerprint density at radius 1 is 1.30 bits per heavy atom. The van der Waals surface area contributed by atoms with Crippen LogP contribution >= 0.6 is 0 Å². The van der Waals surface area contributed by atoms with E-state index in [0.717, 1.165) is 53.9 Å². The summed E-state index contributed by atoms with van der Waals surface area (Å²) in [4.78, 5) is 17.8. The fraction of sp³-hybridized carbons (Fsp3) is 0.417. The molecule has 1 amide bonds. The number of benzene rings is 2. The number of hydrogen-bond donors (Lipinski definition) is 1. The Bertz CT molecular complexity index is 1150. The van der Waals surface area contributed by atoms with Crippen LogP contribution in [0.1, 0.15) is 45.7 Å². The number of carbonyl (C=O) groups excluding carboxylic acids is 1. The largest absolute Gasteiger partial charge is 0.480 e. The van der Waals surface area contributed by atoms with E-state index in [2.05, 4.69) is 29.6 Å². The first kappa shape index (κ1) is 19.1. The van der Waals surface area contributed by atoms with Crippen molar-refractivity contribution in [2.24, 2.45) is 7.05 Å². The highest BCUT2D eigenvalue weighted by Gasteiger charge is 2.44.